The van der Waals surface area contributed by atoms with Gasteiger partial charge in [-0.15, -0.1) is 10.2 Å². The Morgan fingerprint density at radius 2 is 1.61 bits per heavy atom. The first-order valence-corrected chi connectivity index (χ1v) is 13.4. The maximum atomic E-state index is 13.1. The van der Waals surface area contributed by atoms with Gasteiger partial charge in [-0.1, -0.05) is 19.1 Å². The Hall–Kier alpha value is -3.18. The molecule has 0 aliphatic rings. The molecule has 0 radical (unpaired) electrons. The van der Waals surface area contributed by atoms with Crippen LogP contribution in [0, 0.1) is 0 Å². The van der Waals surface area contributed by atoms with Crippen LogP contribution in [0.2, 0.25) is 0 Å². The van der Waals surface area contributed by atoms with Gasteiger partial charge in [-0.3, -0.25) is 4.72 Å². The van der Waals surface area contributed by atoms with Gasteiger partial charge >= 0.3 is 0 Å². The predicted molar refractivity (Wildman–Crippen MR) is 125 cm³/mol. The quantitative estimate of drug-likeness (QED) is 0.457. The third-order valence-corrected chi connectivity index (χ3v) is 7.58. The minimum absolute atomic E-state index is 0.0466. The van der Waals surface area contributed by atoms with E-state index in [2.05, 4.69) is 14.9 Å². The largest absolute Gasteiger partial charge is 0.494 e. The molecule has 1 heterocycles. The molecule has 33 heavy (non-hydrogen) atoms. The second-order valence-corrected chi connectivity index (χ2v) is 10.7. The fraction of sp³-hybridized carbons (Fsp3) is 0.273. The lowest BCUT2D eigenvalue weighted by atomic mass is 10.1. The molecule has 0 spiro atoms. The standard InChI is InChI=1S/C22H25N3O6S2/c1-4-30-18-10-12-20(31-5-2)21(15-18)33(28,29)25-17-9-7-8-16(14-17)19-11-13-22(24-23-19)32(26,27)6-3/h7-15,25H,4-6H2,1-3H3. The predicted octanol–water partition coefficient (Wildman–Crippen LogP) is 3.54. The van der Waals surface area contributed by atoms with E-state index in [-0.39, 0.29) is 21.4 Å². The summed E-state index contributed by atoms with van der Waals surface area (Å²) in [5.74, 6) is 0.544. The van der Waals surface area contributed by atoms with E-state index in [1.807, 2.05) is 6.92 Å². The fourth-order valence-electron chi connectivity index (χ4n) is 2.97. The SMILES string of the molecule is CCOc1ccc(OCC)c(S(=O)(=O)Nc2cccc(-c3ccc(S(=O)(=O)CC)nn3)c2)c1. The summed E-state index contributed by atoms with van der Waals surface area (Å²) in [4.78, 5) is -0.0466. The Morgan fingerprint density at radius 1 is 0.848 bits per heavy atom. The van der Waals surface area contributed by atoms with Crippen LogP contribution < -0.4 is 14.2 Å². The number of benzene rings is 2. The van der Waals surface area contributed by atoms with Crippen molar-refractivity contribution in [1.82, 2.24) is 10.2 Å². The number of nitrogens with one attached hydrogen (secondary N) is 1. The minimum Gasteiger partial charge on any atom is -0.494 e. The number of nitrogens with zero attached hydrogens (tertiary/aromatic N) is 2. The van der Waals surface area contributed by atoms with Gasteiger partial charge in [-0.2, -0.15) is 0 Å². The molecule has 0 saturated carbocycles. The zero-order chi connectivity index (χ0) is 24.1. The molecule has 0 aliphatic heterocycles. The van der Waals surface area contributed by atoms with Crippen LogP contribution in [-0.2, 0) is 19.9 Å². The van der Waals surface area contributed by atoms with E-state index in [1.165, 1.54) is 25.1 Å². The van der Waals surface area contributed by atoms with Crippen LogP contribution in [-0.4, -0.2) is 46.0 Å². The van der Waals surface area contributed by atoms with Crippen molar-refractivity contribution in [1.29, 1.82) is 0 Å². The lowest BCUT2D eigenvalue weighted by Crippen LogP contribution is -2.15. The first-order chi connectivity index (χ1) is 15.7. The molecule has 11 heteroatoms. The van der Waals surface area contributed by atoms with Crippen molar-refractivity contribution in [2.45, 2.75) is 30.7 Å². The second kappa shape index (κ2) is 10.2. The molecular formula is C22H25N3O6S2. The van der Waals surface area contributed by atoms with Gasteiger partial charge in [0.2, 0.25) is 0 Å². The molecule has 9 nitrogen and oxygen atoms in total. The molecule has 2 aromatic carbocycles. The van der Waals surface area contributed by atoms with Crippen LogP contribution >= 0.6 is 0 Å². The van der Waals surface area contributed by atoms with E-state index >= 15 is 0 Å². The van der Waals surface area contributed by atoms with Crippen LogP contribution in [0.4, 0.5) is 5.69 Å². The number of sulfonamides is 1. The average Bonchev–Trinajstić information content (AvgIpc) is 2.80. The third-order valence-electron chi connectivity index (χ3n) is 4.56. The van der Waals surface area contributed by atoms with E-state index in [4.69, 9.17) is 9.47 Å². The summed E-state index contributed by atoms with van der Waals surface area (Å²) >= 11 is 0. The lowest BCUT2D eigenvalue weighted by molar-refractivity contribution is 0.322. The summed E-state index contributed by atoms with van der Waals surface area (Å²) in [6.07, 6.45) is 0. The number of hydrogen-bond donors (Lipinski definition) is 1. The molecule has 0 unspecified atom stereocenters. The van der Waals surface area contributed by atoms with Crippen molar-refractivity contribution in [2.24, 2.45) is 0 Å². The summed E-state index contributed by atoms with van der Waals surface area (Å²) in [6, 6.07) is 14.1. The second-order valence-electron chi connectivity index (χ2n) is 6.82. The van der Waals surface area contributed by atoms with Gasteiger partial charge < -0.3 is 9.47 Å². The first kappa shape index (κ1) is 24.5. The number of ether oxygens (including phenoxy) is 2. The molecule has 0 amide bonds. The number of rotatable bonds is 10. The highest BCUT2D eigenvalue weighted by atomic mass is 32.2. The number of anilines is 1. The van der Waals surface area contributed by atoms with E-state index in [0.29, 0.717) is 35.9 Å². The van der Waals surface area contributed by atoms with Gasteiger partial charge in [-0.25, -0.2) is 16.8 Å². The van der Waals surface area contributed by atoms with Gasteiger partial charge in [-0.05, 0) is 50.2 Å². The van der Waals surface area contributed by atoms with Crippen LogP contribution in [0.3, 0.4) is 0 Å². The first-order valence-electron chi connectivity index (χ1n) is 10.3. The van der Waals surface area contributed by atoms with E-state index < -0.39 is 19.9 Å². The fourth-order valence-corrected chi connectivity index (χ4v) is 4.92. The summed E-state index contributed by atoms with van der Waals surface area (Å²) in [5.41, 5.74) is 1.26. The molecule has 3 aromatic rings. The van der Waals surface area contributed by atoms with Gasteiger partial charge in [0.25, 0.3) is 10.0 Å². The average molecular weight is 492 g/mol. The van der Waals surface area contributed by atoms with Crippen LogP contribution in [0.1, 0.15) is 20.8 Å². The Balaban J connectivity index is 1.92. The van der Waals surface area contributed by atoms with Crippen LogP contribution in [0.15, 0.2) is 64.5 Å². The van der Waals surface area contributed by atoms with Gasteiger partial charge in [0.1, 0.15) is 16.4 Å². The Morgan fingerprint density at radius 3 is 2.24 bits per heavy atom. The lowest BCUT2D eigenvalue weighted by Gasteiger charge is -2.14. The highest BCUT2D eigenvalue weighted by molar-refractivity contribution is 7.92. The van der Waals surface area contributed by atoms with Crippen molar-refractivity contribution >= 4 is 25.5 Å². The normalized spacial score (nSPS) is 11.7. The molecule has 1 aromatic heterocycles. The van der Waals surface area contributed by atoms with Crippen molar-refractivity contribution in [3.63, 3.8) is 0 Å². The molecular weight excluding hydrogens is 466 g/mol. The number of aromatic nitrogens is 2. The van der Waals surface area contributed by atoms with Crippen LogP contribution in [0.5, 0.6) is 11.5 Å². The summed E-state index contributed by atoms with van der Waals surface area (Å²) in [5, 5.41) is 7.68. The molecule has 0 fully saturated rings. The van der Waals surface area contributed by atoms with Gasteiger partial charge in [0.05, 0.1) is 24.7 Å². The molecule has 0 atom stereocenters. The van der Waals surface area contributed by atoms with Crippen LogP contribution in [0.25, 0.3) is 11.3 Å². The molecule has 3 rings (SSSR count). The number of hydrogen-bond acceptors (Lipinski definition) is 8. The third kappa shape index (κ3) is 5.79. The summed E-state index contributed by atoms with van der Waals surface area (Å²) in [7, 11) is -7.47. The maximum Gasteiger partial charge on any atom is 0.265 e. The molecule has 1 N–H and O–H groups in total. The summed E-state index contributed by atoms with van der Waals surface area (Å²) < 4.78 is 63.6. The topological polar surface area (TPSA) is 125 Å². The highest BCUT2D eigenvalue weighted by Crippen LogP contribution is 2.31. The molecule has 0 bridgehead atoms. The Kier molecular flexibility index (Phi) is 7.54. The Labute approximate surface area is 193 Å². The van der Waals surface area contributed by atoms with Crippen molar-refractivity contribution < 1.29 is 26.3 Å². The number of sulfone groups is 1. The molecule has 176 valence electrons. The molecule has 0 aliphatic carbocycles. The monoisotopic (exact) mass is 491 g/mol. The van der Waals surface area contributed by atoms with Gasteiger partial charge in [0, 0.05) is 17.3 Å². The highest BCUT2D eigenvalue weighted by Gasteiger charge is 2.22. The molecule has 0 saturated heterocycles. The van der Waals surface area contributed by atoms with Crippen molar-refractivity contribution in [2.75, 3.05) is 23.7 Å². The maximum absolute atomic E-state index is 13.1. The minimum atomic E-state index is -4.01. The Bertz CT molecular complexity index is 1320. The van der Waals surface area contributed by atoms with Gasteiger partial charge in [0.15, 0.2) is 14.9 Å². The van der Waals surface area contributed by atoms with E-state index in [1.54, 1.807) is 43.3 Å². The van der Waals surface area contributed by atoms with E-state index in [0.717, 1.165) is 0 Å². The van der Waals surface area contributed by atoms with Crippen molar-refractivity contribution in [3.05, 3.63) is 54.6 Å². The van der Waals surface area contributed by atoms with Crippen molar-refractivity contribution in [3.8, 4) is 22.8 Å². The summed E-state index contributed by atoms with van der Waals surface area (Å²) in [6.45, 7) is 5.79. The zero-order valence-electron chi connectivity index (χ0n) is 18.5. The smallest absolute Gasteiger partial charge is 0.265 e. The van der Waals surface area contributed by atoms with E-state index in [9.17, 15) is 16.8 Å². The zero-order valence-corrected chi connectivity index (χ0v) is 20.1.